The third-order valence-corrected chi connectivity index (χ3v) is 5.71. The van der Waals surface area contributed by atoms with Gasteiger partial charge in [0.2, 0.25) is 0 Å². The fraction of sp³-hybridized carbons (Fsp3) is 0.316. The maximum atomic E-state index is 12.3. The molecule has 3 heterocycles. The van der Waals surface area contributed by atoms with E-state index < -0.39 is 0 Å². The highest BCUT2D eigenvalue weighted by molar-refractivity contribution is 7.14. The second kappa shape index (κ2) is 6.44. The molecular formula is C19H18N2O3S. The van der Waals surface area contributed by atoms with Crippen LogP contribution in [0.1, 0.15) is 44.2 Å². The first-order valence-electron chi connectivity index (χ1n) is 8.38. The van der Waals surface area contributed by atoms with Gasteiger partial charge in [0.1, 0.15) is 17.1 Å². The van der Waals surface area contributed by atoms with Crippen molar-refractivity contribution in [3.63, 3.8) is 0 Å². The van der Waals surface area contributed by atoms with Crippen molar-refractivity contribution in [2.75, 3.05) is 0 Å². The molecule has 0 aliphatic heterocycles. The average Bonchev–Trinajstić information content (AvgIpc) is 3.05. The van der Waals surface area contributed by atoms with E-state index in [2.05, 4.69) is 4.98 Å². The lowest BCUT2D eigenvalue weighted by molar-refractivity contribution is 0.0473. The van der Waals surface area contributed by atoms with Crippen molar-refractivity contribution in [1.82, 2.24) is 9.38 Å². The highest BCUT2D eigenvalue weighted by Crippen LogP contribution is 2.30. The van der Waals surface area contributed by atoms with Crippen molar-refractivity contribution >= 4 is 23.0 Å². The molecule has 0 amide bonds. The summed E-state index contributed by atoms with van der Waals surface area (Å²) in [6.07, 6.45) is 6.15. The predicted molar refractivity (Wildman–Crippen MR) is 96.3 cm³/mol. The number of pyridine rings is 1. The second-order valence-electron chi connectivity index (χ2n) is 6.31. The minimum Gasteiger partial charge on any atom is -0.455 e. The number of hydrogen-bond acceptors (Lipinski definition) is 5. The largest absolute Gasteiger partial charge is 0.455 e. The van der Waals surface area contributed by atoms with Crippen LogP contribution < -0.4 is 5.56 Å². The fourth-order valence-corrected chi connectivity index (χ4v) is 4.33. The molecule has 1 aliphatic rings. The molecule has 0 atom stereocenters. The van der Waals surface area contributed by atoms with Gasteiger partial charge in [-0.05, 0) is 55.9 Å². The highest BCUT2D eigenvalue weighted by atomic mass is 32.1. The molecule has 3 aromatic heterocycles. The van der Waals surface area contributed by atoms with Gasteiger partial charge in [0.15, 0.2) is 0 Å². The van der Waals surface area contributed by atoms with Gasteiger partial charge in [-0.3, -0.25) is 9.20 Å². The normalized spacial score (nSPS) is 13.6. The minimum atomic E-state index is -0.341. The van der Waals surface area contributed by atoms with Gasteiger partial charge in [0, 0.05) is 17.1 Å². The number of fused-ring (bicyclic) bond motifs is 2. The lowest BCUT2D eigenvalue weighted by Crippen LogP contribution is -2.17. The predicted octanol–water partition coefficient (Wildman–Crippen LogP) is 3.30. The molecule has 0 bridgehead atoms. The Morgan fingerprint density at radius 3 is 3.00 bits per heavy atom. The van der Waals surface area contributed by atoms with Crippen LogP contribution in [0.25, 0.3) is 5.65 Å². The number of esters is 1. The monoisotopic (exact) mass is 354 g/mol. The molecular weight excluding hydrogens is 336 g/mol. The molecule has 0 unspecified atom stereocenters. The second-order valence-corrected chi connectivity index (χ2v) is 7.45. The van der Waals surface area contributed by atoms with E-state index in [9.17, 15) is 9.59 Å². The van der Waals surface area contributed by atoms with Crippen molar-refractivity contribution in [1.29, 1.82) is 0 Å². The van der Waals surface area contributed by atoms with Crippen LogP contribution in [0.15, 0.2) is 35.3 Å². The maximum Gasteiger partial charge on any atom is 0.348 e. The van der Waals surface area contributed by atoms with Gasteiger partial charge in [-0.2, -0.15) is 0 Å². The Kier molecular flexibility index (Phi) is 4.13. The van der Waals surface area contributed by atoms with Crippen molar-refractivity contribution in [2.24, 2.45) is 0 Å². The quantitative estimate of drug-likeness (QED) is 0.677. The summed E-state index contributed by atoms with van der Waals surface area (Å²) in [5.41, 5.74) is 3.06. The molecule has 0 radical (unpaired) electrons. The van der Waals surface area contributed by atoms with E-state index in [4.69, 9.17) is 4.74 Å². The van der Waals surface area contributed by atoms with E-state index in [1.54, 1.807) is 6.20 Å². The Morgan fingerprint density at radius 2 is 2.16 bits per heavy atom. The van der Waals surface area contributed by atoms with Crippen molar-refractivity contribution in [2.45, 2.75) is 39.2 Å². The Labute approximate surface area is 148 Å². The minimum absolute atomic E-state index is 0.00146. The van der Waals surface area contributed by atoms with E-state index in [1.807, 2.05) is 25.1 Å². The summed E-state index contributed by atoms with van der Waals surface area (Å²) in [7, 11) is 0. The number of aryl methyl sites for hydroxylation is 3. The van der Waals surface area contributed by atoms with E-state index in [-0.39, 0.29) is 18.1 Å². The topological polar surface area (TPSA) is 60.7 Å². The first-order chi connectivity index (χ1) is 12.1. The summed E-state index contributed by atoms with van der Waals surface area (Å²) in [6, 6.07) is 7.07. The van der Waals surface area contributed by atoms with Crippen LogP contribution in [0.3, 0.4) is 0 Å². The molecule has 5 nitrogen and oxygen atoms in total. The molecule has 0 saturated heterocycles. The van der Waals surface area contributed by atoms with E-state index in [1.165, 1.54) is 45.1 Å². The van der Waals surface area contributed by atoms with Crippen LogP contribution in [0.5, 0.6) is 0 Å². The van der Waals surface area contributed by atoms with Crippen LogP contribution in [0.2, 0.25) is 0 Å². The molecule has 4 rings (SSSR count). The number of thiophene rings is 1. The standard InChI is InChI=1S/C19H18N2O3S/c1-12-5-4-8-21-17(22)10-14(20-18(12)21)11-24-19(23)16-9-13-6-2-3-7-15(13)25-16/h4-5,8-10H,2-3,6-7,11H2,1H3. The lowest BCUT2D eigenvalue weighted by atomic mass is 9.99. The molecule has 0 fully saturated rings. The molecule has 25 heavy (non-hydrogen) atoms. The number of carbonyl (C=O) groups excluding carboxylic acids is 1. The number of carbonyl (C=O) groups is 1. The summed E-state index contributed by atoms with van der Waals surface area (Å²) in [5, 5.41) is 0. The van der Waals surface area contributed by atoms with Gasteiger partial charge in [-0.25, -0.2) is 9.78 Å². The lowest BCUT2D eigenvalue weighted by Gasteiger charge is -2.08. The fourth-order valence-electron chi connectivity index (χ4n) is 3.18. The molecule has 0 saturated carbocycles. The Balaban J connectivity index is 1.54. The summed E-state index contributed by atoms with van der Waals surface area (Å²) >= 11 is 1.53. The van der Waals surface area contributed by atoms with Gasteiger partial charge >= 0.3 is 5.97 Å². The number of rotatable bonds is 3. The first kappa shape index (κ1) is 16.0. The third-order valence-electron chi connectivity index (χ3n) is 4.49. The van der Waals surface area contributed by atoms with Crippen molar-refractivity contribution < 1.29 is 9.53 Å². The third kappa shape index (κ3) is 3.09. The molecule has 6 heteroatoms. The smallest absolute Gasteiger partial charge is 0.348 e. The number of nitrogens with zero attached hydrogens (tertiary/aromatic N) is 2. The van der Waals surface area contributed by atoms with Crippen molar-refractivity contribution in [3.8, 4) is 0 Å². The molecule has 0 spiro atoms. The van der Waals surface area contributed by atoms with Crippen LogP contribution >= 0.6 is 11.3 Å². The Bertz CT molecular complexity index is 996. The number of aromatic nitrogens is 2. The summed E-state index contributed by atoms with van der Waals surface area (Å²) in [6.45, 7) is 1.90. The Morgan fingerprint density at radius 1 is 1.32 bits per heavy atom. The summed E-state index contributed by atoms with van der Waals surface area (Å²) in [4.78, 5) is 30.9. The number of ether oxygens (including phenoxy) is 1. The van der Waals surface area contributed by atoms with Crippen LogP contribution in [0, 0.1) is 6.92 Å². The zero-order valence-electron chi connectivity index (χ0n) is 13.9. The van der Waals surface area contributed by atoms with Gasteiger partial charge in [-0.1, -0.05) is 6.07 Å². The first-order valence-corrected chi connectivity index (χ1v) is 9.20. The zero-order chi connectivity index (χ0) is 17.4. The van der Waals surface area contributed by atoms with Gasteiger partial charge < -0.3 is 4.74 Å². The van der Waals surface area contributed by atoms with Crippen LogP contribution in [-0.2, 0) is 24.2 Å². The molecule has 0 aromatic carbocycles. The molecule has 3 aromatic rings. The van der Waals surface area contributed by atoms with Gasteiger partial charge in [0.05, 0.1) is 5.69 Å². The summed E-state index contributed by atoms with van der Waals surface area (Å²) in [5.74, 6) is -0.341. The highest BCUT2D eigenvalue weighted by Gasteiger charge is 2.18. The average molecular weight is 354 g/mol. The Hall–Kier alpha value is -2.47. The molecule has 1 aliphatic carbocycles. The zero-order valence-corrected chi connectivity index (χ0v) is 14.8. The molecule has 128 valence electrons. The van der Waals surface area contributed by atoms with Crippen LogP contribution in [-0.4, -0.2) is 15.4 Å². The van der Waals surface area contributed by atoms with E-state index in [0.717, 1.165) is 18.4 Å². The van der Waals surface area contributed by atoms with E-state index in [0.29, 0.717) is 16.2 Å². The molecule has 0 N–H and O–H groups in total. The van der Waals surface area contributed by atoms with Crippen molar-refractivity contribution in [3.05, 3.63) is 67.4 Å². The van der Waals surface area contributed by atoms with E-state index >= 15 is 0 Å². The van der Waals surface area contributed by atoms with Gasteiger partial charge in [0.25, 0.3) is 5.56 Å². The maximum absolute atomic E-state index is 12.3. The number of hydrogen-bond donors (Lipinski definition) is 0. The SMILES string of the molecule is Cc1cccn2c(=O)cc(COC(=O)c3cc4c(s3)CCCC4)nc12. The summed E-state index contributed by atoms with van der Waals surface area (Å²) < 4.78 is 6.89. The van der Waals surface area contributed by atoms with Gasteiger partial charge in [-0.15, -0.1) is 11.3 Å². The van der Waals surface area contributed by atoms with Crippen LogP contribution in [0.4, 0.5) is 0 Å².